The van der Waals surface area contributed by atoms with E-state index in [2.05, 4.69) is 15.6 Å². The van der Waals surface area contributed by atoms with Gasteiger partial charge in [-0.05, 0) is 17.7 Å². The molecule has 1 aromatic carbocycles. The van der Waals surface area contributed by atoms with Gasteiger partial charge >= 0.3 is 0 Å². The van der Waals surface area contributed by atoms with E-state index in [1.54, 1.807) is 14.2 Å². The number of ether oxygens (including phenoxy) is 1. The molecule has 20 heavy (non-hydrogen) atoms. The first-order valence-corrected chi connectivity index (χ1v) is 8.26. The molecule has 0 spiro atoms. The zero-order valence-corrected chi connectivity index (χ0v) is 12.8. The van der Waals surface area contributed by atoms with Gasteiger partial charge in [0.1, 0.15) is 15.6 Å². The number of benzene rings is 1. The summed E-state index contributed by atoms with van der Waals surface area (Å²) in [6.45, 7) is 0.909. The van der Waals surface area contributed by atoms with Gasteiger partial charge in [0.05, 0.1) is 12.9 Å². The maximum atomic E-state index is 11.0. The van der Waals surface area contributed by atoms with E-state index in [0.717, 1.165) is 11.3 Å². The minimum atomic E-state index is -2.97. The van der Waals surface area contributed by atoms with Gasteiger partial charge in [-0.2, -0.15) is 0 Å². The summed E-state index contributed by atoms with van der Waals surface area (Å²) in [6.07, 6.45) is 1.21. The molecule has 1 aromatic rings. The van der Waals surface area contributed by atoms with Crippen molar-refractivity contribution in [1.29, 1.82) is 0 Å². The second-order valence-electron chi connectivity index (χ2n) is 4.33. The molecule has 0 unspecified atom stereocenters. The number of aliphatic imine (C=N–C) groups is 1. The molecule has 1 rings (SSSR count). The summed E-state index contributed by atoms with van der Waals surface area (Å²) in [4.78, 5) is 4.03. The predicted molar refractivity (Wildman–Crippen MR) is 80.9 cm³/mol. The van der Waals surface area contributed by atoms with E-state index in [0.29, 0.717) is 19.0 Å². The van der Waals surface area contributed by atoms with Crippen molar-refractivity contribution in [3.8, 4) is 5.75 Å². The van der Waals surface area contributed by atoms with Crippen LogP contribution in [0.4, 0.5) is 0 Å². The third-order valence-electron chi connectivity index (χ3n) is 2.58. The van der Waals surface area contributed by atoms with Crippen molar-refractivity contribution in [2.45, 2.75) is 6.54 Å². The molecule has 0 fully saturated rings. The average molecular weight is 299 g/mol. The van der Waals surface area contributed by atoms with Gasteiger partial charge < -0.3 is 15.4 Å². The second-order valence-corrected chi connectivity index (χ2v) is 6.59. The van der Waals surface area contributed by atoms with Crippen LogP contribution in [0.15, 0.2) is 29.3 Å². The Kier molecular flexibility index (Phi) is 6.30. The highest BCUT2D eigenvalue weighted by Crippen LogP contribution is 2.11. The van der Waals surface area contributed by atoms with Gasteiger partial charge in [-0.25, -0.2) is 8.42 Å². The topological polar surface area (TPSA) is 79.8 Å². The number of hydrogen-bond acceptors (Lipinski definition) is 4. The number of hydrogen-bond donors (Lipinski definition) is 2. The van der Waals surface area contributed by atoms with E-state index in [-0.39, 0.29) is 5.75 Å². The van der Waals surface area contributed by atoms with E-state index >= 15 is 0 Å². The summed E-state index contributed by atoms with van der Waals surface area (Å²) in [6, 6.07) is 7.69. The molecule has 0 saturated heterocycles. The van der Waals surface area contributed by atoms with Gasteiger partial charge in [0.25, 0.3) is 0 Å². The summed E-state index contributed by atoms with van der Waals surface area (Å²) in [7, 11) is 0.298. The van der Waals surface area contributed by atoms with Crippen molar-refractivity contribution in [3.05, 3.63) is 29.8 Å². The Balaban J connectivity index is 2.45. The Labute approximate surface area is 120 Å². The first-order chi connectivity index (χ1) is 9.44. The van der Waals surface area contributed by atoms with Crippen LogP contribution >= 0.6 is 0 Å². The molecule has 6 nitrogen and oxygen atoms in total. The molecule has 0 bridgehead atoms. The molecular formula is C13H21N3O3S. The van der Waals surface area contributed by atoms with Crippen LogP contribution in [0.2, 0.25) is 0 Å². The molecule has 0 atom stereocenters. The maximum absolute atomic E-state index is 11.0. The van der Waals surface area contributed by atoms with Crippen LogP contribution in [0.1, 0.15) is 5.56 Å². The van der Waals surface area contributed by atoms with E-state index in [1.165, 1.54) is 6.26 Å². The zero-order chi connectivity index (χ0) is 15.0. The first-order valence-electron chi connectivity index (χ1n) is 6.20. The number of sulfone groups is 1. The van der Waals surface area contributed by atoms with E-state index in [9.17, 15) is 8.42 Å². The molecule has 112 valence electrons. The lowest BCUT2D eigenvalue weighted by Gasteiger charge is -2.12. The molecule has 0 aliphatic rings. The molecular weight excluding hydrogens is 278 g/mol. The van der Waals surface area contributed by atoms with E-state index < -0.39 is 9.84 Å². The Morgan fingerprint density at radius 2 is 2.10 bits per heavy atom. The number of nitrogens with zero attached hydrogens (tertiary/aromatic N) is 1. The third kappa shape index (κ3) is 6.42. The minimum Gasteiger partial charge on any atom is -0.497 e. The zero-order valence-electron chi connectivity index (χ0n) is 12.0. The van der Waals surface area contributed by atoms with Crippen LogP contribution in [0, 0.1) is 0 Å². The Bertz CT molecular complexity index is 556. The SMILES string of the molecule is CN=C(NCCS(C)(=O)=O)NCc1cccc(OC)c1. The molecule has 0 radical (unpaired) electrons. The van der Waals surface area contributed by atoms with Gasteiger partial charge in [0, 0.05) is 26.4 Å². The fourth-order valence-corrected chi connectivity index (χ4v) is 2.02. The van der Waals surface area contributed by atoms with Crippen molar-refractivity contribution in [2.24, 2.45) is 4.99 Å². The lowest BCUT2D eigenvalue weighted by molar-refractivity contribution is 0.414. The van der Waals surface area contributed by atoms with E-state index in [1.807, 2.05) is 24.3 Å². The molecule has 0 aliphatic carbocycles. The van der Waals surface area contributed by atoms with Gasteiger partial charge in [-0.1, -0.05) is 12.1 Å². The van der Waals surface area contributed by atoms with Crippen LogP contribution in [-0.4, -0.2) is 47.1 Å². The largest absolute Gasteiger partial charge is 0.497 e. The fourth-order valence-electron chi connectivity index (χ4n) is 1.54. The Morgan fingerprint density at radius 3 is 2.70 bits per heavy atom. The lowest BCUT2D eigenvalue weighted by Crippen LogP contribution is -2.39. The van der Waals surface area contributed by atoms with Crippen molar-refractivity contribution in [3.63, 3.8) is 0 Å². The van der Waals surface area contributed by atoms with Crippen LogP contribution < -0.4 is 15.4 Å². The highest BCUT2D eigenvalue weighted by molar-refractivity contribution is 7.90. The molecule has 7 heteroatoms. The van der Waals surface area contributed by atoms with Gasteiger partial charge in [0.2, 0.25) is 0 Å². The van der Waals surface area contributed by atoms with Crippen LogP contribution in [0.3, 0.4) is 0 Å². The van der Waals surface area contributed by atoms with Crippen LogP contribution in [0.25, 0.3) is 0 Å². The van der Waals surface area contributed by atoms with Crippen molar-refractivity contribution < 1.29 is 13.2 Å². The monoisotopic (exact) mass is 299 g/mol. The van der Waals surface area contributed by atoms with E-state index in [4.69, 9.17) is 4.74 Å². The number of guanidine groups is 1. The van der Waals surface area contributed by atoms with Gasteiger partial charge in [-0.3, -0.25) is 4.99 Å². The molecule has 0 amide bonds. The number of rotatable bonds is 6. The fraction of sp³-hybridized carbons (Fsp3) is 0.462. The lowest BCUT2D eigenvalue weighted by atomic mass is 10.2. The second kappa shape index (κ2) is 7.74. The molecule has 0 heterocycles. The highest BCUT2D eigenvalue weighted by Gasteiger charge is 2.03. The summed E-state index contributed by atoms with van der Waals surface area (Å²) in [5.41, 5.74) is 1.05. The molecule has 2 N–H and O–H groups in total. The standard InChI is InChI=1S/C13H21N3O3S/c1-14-13(15-7-8-20(3,17)18)16-10-11-5-4-6-12(9-11)19-2/h4-6,9H,7-8,10H2,1-3H3,(H2,14,15,16). The van der Waals surface area contributed by atoms with Crippen molar-refractivity contribution in [1.82, 2.24) is 10.6 Å². The summed E-state index contributed by atoms with van der Waals surface area (Å²) in [5.74, 6) is 1.44. The summed E-state index contributed by atoms with van der Waals surface area (Å²) >= 11 is 0. The van der Waals surface area contributed by atoms with Gasteiger partial charge in [-0.15, -0.1) is 0 Å². The molecule has 0 saturated carbocycles. The van der Waals surface area contributed by atoms with Crippen LogP contribution in [0.5, 0.6) is 5.75 Å². The number of nitrogens with one attached hydrogen (secondary N) is 2. The summed E-state index contributed by atoms with van der Waals surface area (Å²) < 4.78 is 27.2. The van der Waals surface area contributed by atoms with Crippen molar-refractivity contribution >= 4 is 15.8 Å². The highest BCUT2D eigenvalue weighted by atomic mass is 32.2. The quantitative estimate of drug-likeness (QED) is 0.587. The molecule has 0 aromatic heterocycles. The normalized spacial score (nSPS) is 12.1. The van der Waals surface area contributed by atoms with Gasteiger partial charge in [0.15, 0.2) is 5.96 Å². The number of methoxy groups -OCH3 is 1. The smallest absolute Gasteiger partial charge is 0.191 e. The Morgan fingerprint density at radius 1 is 1.35 bits per heavy atom. The maximum Gasteiger partial charge on any atom is 0.191 e. The first kappa shape index (κ1) is 16.3. The predicted octanol–water partition coefficient (Wildman–Crippen LogP) is 0.405. The Hall–Kier alpha value is -1.76. The van der Waals surface area contributed by atoms with Crippen LogP contribution in [-0.2, 0) is 16.4 Å². The average Bonchev–Trinajstić information content (AvgIpc) is 2.41. The molecule has 0 aliphatic heterocycles. The summed E-state index contributed by atoms with van der Waals surface area (Å²) in [5, 5.41) is 6.07. The minimum absolute atomic E-state index is 0.0762. The third-order valence-corrected chi connectivity index (χ3v) is 3.53. The van der Waals surface area contributed by atoms with Crippen molar-refractivity contribution in [2.75, 3.05) is 32.7 Å².